The molecule has 8 heteroatoms. The largest absolute Gasteiger partial charge is 0.451 e. The summed E-state index contributed by atoms with van der Waals surface area (Å²) in [5.41, 5.74) is 0. The highest BCUT2D eigenvalue weighted by molar-refractivity contribution is 6.29. The molecular formula is C11H13ClF3N3O. The van der Waals surface area contributed by atoms with Crippen LogP contribution in [0.4, 0.5) is 19.0 Å². The minimum atomic E-state index is -4.60. The molecule has 0 amide bonds. The van der Waals surface area contributed by atoms with Crippen molar-refractivity contribution in [3.8, 4) is 0 Å². The van der Waals surface area contributed by atoms with Crippen molar-refractivity contribution in [3.05, 3.63) is 17.0 Å². The molecule has 0 spiro atoms. The van der Waals surface area contributed by atoms with E-state index in [9.17, 15) is 13.2 Å². The van der Waals surface area contributed by atoms with Crippen molar-refractivity contribution < 1.29 is 17.9 Å². The van der Waals surface area contributed by atoms with Crippen LogP contribution in [0.1, 0.15) is 19.2 Å². The zero-order valence-electron chi connectivity index (χ0n) is 10.2. The van der Waals surface area contributed by atoms with Gasteiger partial charge in [0.2, 0.25) is 5.82 Å². The maximum atomic E-state index is 12.6. The van der Waals surface area contributed by atoms with Crippen LogP contribution in [0.25, 0.3) is 0 Å². The molecule has 0 N–H and O–H groups in total. The van der Waals surface area contributed by atoms with Crippen LogP contribution in [0.5, 0.6) is 0 Å². The van der Waals surface area contributed by atoms with Crippen LogP contribution in [0.3, 0.4) is 0 Å². The van der Waals surface area contributed by atoms with Crippen LogP contribution in [0.15, 0.2) is 6.07 Å². The number of hydrogen-bond donors (Lipinski definition) is 0. The molecule has 1 unspecified atom stereocenters. The summed E-state index contributed by atoms with van der Waals surface area (Å²) in [6.07, 6.45) is -3.81. The lowest BCUT2D eigenvalue weighted by atomic mass is 10.2. The third kappa shape index (κ3) is 3.48. The molecular weight excluding hydrogens is 283 g/mol. The van der Waals surface area contributed by atoms with Gasteiger partial charge in [0.25, 0.3) is 0 Å². The molecule has 0 saturated carbocycles. The maximum absolute atomic E-state index is 12.6. The summed E-state index contributed by atoms with van der Waals surface area (Å²) in [4.78, 5) is 8.49. The number of aromatic nitrogens is 2. The fraction of sp³-hybridized carbons (Fsp3) is 0.636. The molecule has 0 aliphatic carbocycles. The third-order valence-electron chi connectivity index (χ3n) is 2.85. The van der Waals surface area contributed by atoms with Gasteiger partial charge in [-0.2, -0.15) is 13.2 Å². The molecule has 0 radical (unpaired) electrons. The summed E-state index contributed by atoms with van der Waals surface area (Å²) in [5.74, 6) is -1.02. The van der Waals surface area contributed by atoms with Crippen molar-refractivity contribution in [1.29, 1.82) is 0 Å². The average molecular weight is 296 g/mol. The monoisotopic (exact) mass is 295 g/mol. The van der Waals surface area contributed by atoms with Gasteiger partial charge in [0.15, 0.2) is 0 Å². The van der Waals surface area contributed by atoms with Crippen LogP contribution in [0, 0.1) is 0 Å². The van der Waals surface area contributed by atoms with Crippen LogP contribution >= 0.6 is 11.6 Å². The molecule has 1 aliphatic heterocycles. The van der Waals surface area contributed by atoms with Crippen molar-refractivity contribution in [2.75, 3.05) is 24.6 Å². The van der Waals surface area contributed by atoms with E-state index in [2.05, 4.69) is 9.97 Å². The van der Waals surface area contributed by atoms with E-state index >= 15 is 0 Å². The van der Waals surface area contributed by atoms with E-state index in [4.69, 9.17) is 16.3 Å². The van der Waals surface area contributed by atoms with E-state index in [0.717, 1.165) is 6.42 Å². The van der Waals surface area contributed by atoms with E-state index in [1.807, 2.05) is 6.92 Å². The van der Waals surface area contributed by atoms with E-state index < -0.39 is 12.0 Å². The van der Waals surface area contributed by atoms with Gasteiger partial charge >= 0.3 is 6.18 Å². The fourth-order valence-electron chi connectivity index (χ4n) is 1.87. The highest BCUT2D eigenvalue weighted by Crippen LogP contribution is 2.29. The number of rotatable bonds is 2. The van der Waals surface area contributed by atoms with Crippen molar-refractivity contribution in [2.24, 2.45) is 0 Å². The molecule has 19 heavy (non-hydrogen) atoms. The molecule has 1 saturated heterocycles. The second-order valence-corrected chi connectivity index (χ2v) is 4.60. The van der Waals surface area contributed by atoms with Crippen molar-refractivity contribution in [1.82, 2.24) is 9.97 Å². The normalized spacial score (nSPS) is 20.7. The smallest absolute Gasteiger partial charge is 0.375 e. The van der Waals surface area contributed by atoms with Crippen LogP contribution < -0.4 is 4.90 Å². The van der Waals surface area contributed by atoms with Gasteiger partial charge in [-0.05, 0) is 6.42 Å². The quantitative estimate of drug-likeness (QED) is 0.787. The van der Waals surface area contributed by atoms with Crippen LogP contribution in [0.2, 0.25) is 5.15 Å². The Labute approximate surface area is 113 Å². The van der Waals surface area contributed by atoms with Gasteiger partial charge in [0.05, 0.1) is 12.7 Å². The first-order valence-electron chi connectivity index (χ1n) is 5.88. The standard InChI is InChI=1S/C11H13ClF3N3O/c1-2-7-6-18(3-4-19-7)9-5-8(12)16-10(17-9)11(13,14)15/h5,7H,2-4,6H2,1H3. The third-order valence-corrected chi connectivity index (χ3v) is 3.05. The lowest BCUT2D eigenvalue weighted by Gasteiger charge is -2.33. The highest BCUT2D eigenvalue weighted by atomic mass is 35.5. The molecule has 0 bridgehead atoms. The SMILES string of the molecule is CCC1CN(c2cc(Cl)nc(C(F)(F)F)n2)CCO1. The van der Waals surface area contributed by atoms with Gasteiger partial charge in [-0.3, -0.25) is 0 Å². The molecule has 0 aromatic carbocycles. The Morgan fingerprint density at radius 1 is 1.47 bits per heavy atom. The number of ether oxygens (including phenoxy) is 1. The molecule has 1 atom stereocenters. The Hall–Kier alpha value is -1.08. The molecule has 1 aromatic heterocycles. The maximum Gasteiger partial charge on any atom is 0.451 e. The molecule has 106 valence electrons. The fourth-order valence-corrected chi connectivity index (χ4v) is 2.05. The van der Waals surface area contributed by atoms with E-state index in [1.54, 1.807) is 4.90 Å². The summed E-state index contributed by atoms with van der Waals surface area (Å²) in [6.45, 7) is 3.41. The Kier molecular flexibility index (Phi) is 4.15. The molecule has 2 rings (SSSR count). The zero-order valence-corrected chi connectivity index (χ0v) is 11.0. The van der Waals surface area contributed by atoms with Gasteiger partial charge in [0, 0.05) is 19.2 Å². The summed E-state index contributed by atoms with van der Waals surface area (Å²) in [6, 6.07) is 1.34. The predicted octanol–water partition coefficient (Wildman–Crippen LogP) is 2.76. The second-order valence-electron chi connectivity index (χ2n) is 4.22. The number of alkyl halides is 3. The summed E-state index contributed by atoms with van der Waals surface area (Å²) < 4.78 is 43.4. The zero-order chi connectivity index (χ0) is 14.0. The number of nitrogens with zero attached hydrogens (tertiary/aromatic N) is 3. The first-order valence-corrected chi connectivity index (χ1v) is 6.26. The first kappa shape index (κ1) is 14.3. The van der Waals surface area contributed by atoms with Gasteiger partial charge in [-0.25, -0.2) is 9.97 Å². The van der Waals surface area contributed by atoms with E-state index in [0.29, 0.717) is 19.7 Å². The Morgan fingerprint density at radius 3 is 2.84 bits per heavy atom. The number of halogens is 4. The lowest BCUT2D eigenvalue weighted by molar-refractivity contribution is -0.144. The summed E-state index contributed by atoms with van der Waals surface area (Å²) in [5, 5.41) is -0.211. The van der Waals surface area contributed by atoms with Crippen molar-refractivity contribution in [3.63, 3.8) is 0 Å². The molecule has 2 heterocycles. The Bertz CT molecular complexity index is 455. The van der Waals surface area contributed by atoms with Crippen molar-refractivity contribution >= 4 is 17.4 Å². The minimum Gasteiger partial charge on any atom is -0.375 e. The van der Waals surface area contributed by atoms with Crippen molar-refractivity contribution in [2.45, 2.75) is 25.6 Å². The Balaban J connectivity index is 2.26. The summed E-state index contributed by atoms with van der Waals surface area (Å²) in [7, 11) is 0. The summed E-state index contributed by atoms with van der Waals surface area (Å²) >= 11 is 5.64. The highest BCUT2D eigenvalue weighted by Gasteiger charge is 2.36. The molecule has 1 aromatic rings. The van der Waals surface area contributed by atoms with Gasteiger partial charge in [-0.15, -0.1) is 0 Å². The van der Waals surface area contributed by atoms with Crippen LogP contribution in [-0.2, 0) is 10.9 Å². The van der Waals surface area contributed by atoms with Gasteiger partial charge in [-0.1, -0.05) is 18.5 Å². The molecule has 1 fully saturated rings. The van der Waals surface area contributed by atoms with E-state index in [1.165, 1.54) is 6.07 Å². The van der Waals surface area contributed by atoms with Gasteiger partial charge < -0.3 is 9.64 Å². The lowest BCUT2D eigenvalue weighted by Crippen LogP contribution is -2.42. The number of morpholine rings is 1. The predicted molar refractivity (Wildman–Crippen MR) is 64.3 cm³/mol. The molecule has 1 aliphatic rings. The van der Waals surface area contributed by atoms with Crippen LogP contribution in [-0.4, -0.2) is 35.8 Å². The average Bonchev–Trinajstić information content (AvgIpc) is 2.37. The van der Waals surface area contributed by atoms with Gasteiger partial charge in [0.1, 0.15) is 11.0 Å². The van der Waals surface area contributed by atoms with E-state index in [-0.39, 0.29) is 17.1 Å². The number of anilines is 1. The topological polar surface area (TPSA) is 38.2 Å². The Morgan fingerprint density at radius 2 is 2.21 bits per heavy atom. The second kappa shape index (κ2) is 5.50. The first-order chi connectivity index (χ1) is 8.90. The molecule has 4 nitrogen and oxygen atoms in total. The minimum absolute atomic E-state index is 0.00294. The number of hydrogen-bond acceptors (Lipinski definition) is 4.